The molecule has 2 aromatic carbocycles. The van der Waals surface area contributed by atoms with Gasteiger partial charge in [-0.15, -0.1) is 0 Å². The minimum Gasteiger partial charge on any atom is -0.504 e. The number of aromatic hydroxyl groups is 2. The molecule has 0 aliphatic carbocycles. The average Bonchev–Trinajstić information content (AvgIpc) is 2.59. The summed E-state index contributed by atoms with van der Waals surface area (Å²) < 4.78 is 10.4. The van der Waals surface area contributed by atoms with E-state index in [4.69, 9.17) is 26.9 Å². The van der Waals surface area contributed by atoms with Crippen LogP contribution >= 0.6 is 11.6 Å². The highest BCUT2D eigenvalue weighted by atomic mass is 35.5. The zero-order valence-electron chi connectivity index (χ0n) is 13.5. The molecule has 0 bridgehead atoms. The van der Waals surface area contributed by atoms with Crippen LogP contribution in [0.25, 0.3) is 0 Å². The molecule has 0 aromatic heterocycles. The molecular formula is C17H19ClN2O5. The standard InChI is InChI=1S/C17H19ClN2O5/c1-17(20-19,9-11-2-7-14(21)15(22)8-11)16(23)25-10-24-13-5-3-12(18)4-6-13/h2-8,20-22H,9-10,19H2,1H3/t17-/m0/s1. The summed E-state index contributed by atoms with van der Waals surface area (Å²) in [5.41, 5.74) is 1.77. The van der Waals surface area contributed by atoms with E-state index in [9.17, 15) is 15.0 Å². The summed E-state index contributed by atoms with van der Waals surface area (Å²) in [5, 5.41) is 19.5. The van der Waals surface area contributed by atoms with Gasteiger partial charge >= 0.3 is 5.97 Å². The van der Waals surface area contributed by atoms with E-state index in [0.29, 0.717) is 16.3 Å². The Labute approximate surface area is 149 Å². The van der Waals surface area contributed by atoms with Crippen molar-refractivity contribution in [2.24, 2.45) is 5.84 Å². The minimum atomic E-state index is -1.24. The van der Waals surface area contributed by atoms with E-state index < -0.39 is 11.5 Å². The molecule has 0 aliphatic rings. The van der Waals surface area contributed by atoms with Crippen LogP contribution in [0.4, 0.5) is 0 Å². The normalized spacial score (nSPS) is 13.1. The van der Waals surface area contributed by atoms with Crippen LogP contribution in [-0.4, -0.2) is 28.5 Å². The molecule has 0 saturated carbocycles. The number of carbonyl (C=O) groups excluding carboxylic acids is 1. The van der Waals surface area contributed by atoms with Crippen LogP contribution in [-0.2, 0) is 16.0 Å². The lowest BCUT2D eigenvalue weighted by Crippen LogP contribution is -2.55. The number of ether oxygens (including phenoxy) is 2. The van der Waals surface area contributed by atoms with Gasteiger partial charge in [-0.3, -0.25) is 5.84 Å². The highest BCUT2D eigenvalue weighted by molar-refractivity contribution is 6.30. The zero-order chi connectivity index (χ0) is 18.4. The molecule has 7 nitrogen and oxygen atoms in total. The number of hydrogen-bond acceptors (Lipinski definition) is 7. The second-order valence-corrected chi connectivity index (χ2v) is 6.06. The summed E-state index contributed by atoms with van der Waals surface area (Å²) in [6.45, 7) is 1.26. The van der Waals surface area contributed by atoms with Gasteiger partial charge in [0.1, 0.15) is 11.3 Å². The van der Waals surface area contributed by atoms with Crippen molar-refractivity contribution in [1.82, 2.24) is 5.43 Å². The van der Waals surface area contributed by atoms with Crippen molar-refractivity contribution < 1.29 is 24.5 Å². The Bertz CT molecular complexity index is 738. The molecule has 0 saturated heterocycles. The van der Waals surface area contributed by atoms with Gasteiger partial charge in [-0.1, -0.05) is 17.7 Å². The maximum absolute atomic E-state index is 12.3. The predicted octanol–water partition coefficient (Wildman–Crippen LogP) is 2.10. The van der Waals surface area contributed by atoms with Gasteiger partial charge in [0.15, 0.2) is 11.5 Å². The highest BCUT2D eigenvalue weighted by Gasteiger charge is 2.34. The van der Waals surface area contributed by atoms with Crippen LogP contribution in [0.15, 0.2) is 42.5 Å². The summed E-state index contributed by atoms with van der Waals surface area (Å²) >= 11 is 5.78. The first-order valence-corrected chi connectivity index (χ1v) is 7.76. The molecule has 0 amide bonds. The van der Waals surface area contributed by atoms with Crippen molar-refractivity contribution in [3.8, 4) is 17.2 Å². The van der Waals surface area contributed by atoms with Gasteiger partial charge in [0, 0.05) is 11.4 Å². The molecule has 0 aliphatic heterocycles. The summed E-state index contributed by atoms with van der Waals surface area (Å²) in [6.07, 6.45) is 0.136. The molecule has 5 N–H and O–H groups in total. The first-order valence-electron chi connectivity index (χ1n) is 7.38. The number of carbonyl (C=O) groups is 1. The summed E-state index contributed by atoms with van der Waals surface area (Å²) in [5.74, 6) is 4.85. The third kappa shape index (κ3) is 4.99. The molecule has 2 rings (SSSR count). The van der Waals surface area contributed by atoms with E-state index in [1.165, 1.54) is 12.1 Å². The van der Waals surface area contributed by atoms with Gasteiger partial charge in [0.2, 0.25) is 6.79 Å². The van der Waals surface area contributed by atoms with E-state index in [1.54, 1.807) is 37.3 Å². The van der Waals surface area contributed by atoms with Gasteiger partial charge < -0.3 is 19.7 Å². The number of benzene rings is 2. The number of rotatable bonds is 7. The number of phenols is 2. The molecule has 134 valence electrons. The minimum absolute atomic E-state index is 0.136. The van der Waals surface area contributed by atoms with Crippen LogP contribution in [0.5, 0.6) is 17.2 Å². The van der Waals surface area contributed by atoms with E-state index in [-0.39, 0.29) is 24.7 Å². The predicted molar refractivity (Wildman–Crippen MR) is 92.2 cm³/mol. The fourth-order valence-corrected chi connectivity index (χ4v) is 2.24. The van der Waals surface area contributed by atoms with Crippen LogP contribution < -0.4 is 16.0 Å². The largest absolute Gasteiger partial charge is 0.504 e. The van der Waals surface area contributed by atoms with Crippen LogP contribution in [0.2, 0.25) is 5.02 Å². The zero-order valence-corrected chi connectivity index (χ0v) is 14.3. The number of esters is 1. The lowest BCUT2D eigenvalue weighted by Gasteiger charge is -2.26. The fourth-order valence-electron chi connectivity index (χ4n) is 2.11. The smallest absolute Gasteiger partial charge is 0.330 e. The summed E-state index contributed by atoms with van der Waals surface area (Å²) in [4.78, 5) is 12.3. The monoisotopic (exact) mass is 366 g/mol. The third-order valence-electron chi connectivity index (χ3n) is 3.60. The van der Waals surface area contributed by atoms with Gasteiger partial charge in [-0.05, 0) is 48.9 Å². The number of nitrogens with one attached hydrogen (secondary N) is 1. The lowest BCUT2D eigenvalue weighted by molar-refractivity contribution is -0.157. The Morgan fingerprint density at radius 1 is 1.20 bits per heavy atom. The third-order valence-corrected chi connectivity index (χ3v) is 3.85. The molecule has 0 unspecified atom stereocenters. The molecule has 2 aromatic rings. The Kier molecular flexibility index (Phi) is 6.08. The van der Waals surface area contributed by atoms with Crippen LogP contribution in [0.1, 0.15) is 12.5 Å². The molecule has 0 fully saturated rings. The molecule has 8 heteroatoms. The van der Waals surface area contributed by atoms with Gasteiger partial charge in [0.25, 0.3) is 0 Å². The summed E-state index contributed by atoms with van der Waals surface area (Å²) in [7, 11) is 0. The van der Waals surface area contributed by atoms with Gasteiger partial charge in [-0.25, -0.2) is 10.2 Å². The second kappa shape index (κ2) is 8.06. The lowest BCUT2D eigenvalue weighted by atomic mass is 9.93. The molecule has 25 heavy (non-hydrogen) atoms. The number of hydrazine groups is 1. The van der Waals surface area contributed by atoms with Crippen molar-refractivity contribution in [1.29, 1.82) is 0 Å². The van der Waals surface area contributed by atoms with Gasteiger partial charge in [0.05, 0.1) is 0 Å². The molecule has 0 radical (unpaired) electrons. The number of phenolic OH excluding ortho intramolecular Hbond substituents is 2. The molecule has 0 heterocycles. The van der Waals surface area contributed by atoms with Crippen LogP contribution in [0, 0.1) is 0 Å². The number of nitrogens with two attached hydrogens (primary N) is 1. The van der Waals surface area contributed by atoms with Crippen molar-refractivity contribution in [2.75, 3.05) is 6.79 Å². The SMILES string of the molecule is C[C@@](Cc1ccc(O)c(O)c1)(NN)C(=O)OCOc1ccc(Cl)cc1. The highest BCUT2D eigenvalue weighted by Crippen LogP contribution is 2.27. The molecule has 0 spiro atoms. The van der Waals surface area contributed by atoms with E-state index in [1.807, 2.05) is 0 Å². The fraction of sp³-hybridized carbons (Fsp3) is 0.235. The Hall–Kier alpha value is -2.48. The Morgan fingerprint density at radius 3 is 2.48 bits per heavy atom. The second-order valence-electron chi connectivity index (χ2n) is 5.62. The van der Waals surface area contributed by atoms with Crippen molar-refractivity contribution in [3.05, 3.63) is 53.1 Å². The Balaban J connectivity index is 1.96. The van der Waals surface area contributed by atoms with E-state index >= 15 is 0 Å². The van der Waals surface area contributed by atoms with E-state index in [2.05, 4.69) is 5.43 Å². The van der Waals surface area contributed by atoms with Crippen molar-refractivity contribution in [3.63, 3.8) is 0 Å². The molecule has 1 atom stereocenters. The Morgan fingerprint density at radius 2 is 1.88 bits per heavy atom. The first-order chi connectivity index (χ1) is 11.8. The topological polar surface area (TPSA) is 114 Å². The van der Waals surface area contributed by atoms with E-state index in [0.717, 1.165) is 0 Å². The van der Waals surface area contributed by atoms with Crippen molar-refractivity contribution >= 4 is 17.6 Å². The quantitative estimate of drug-likeness (QED) is 0.195. The van der Waals surface area contributed by atoms with Crippen molar-refractivity contribution in [2.45, 2.75) is 18.9 Å². The number of halogens is 1. The number of hydrogen-bond donors (Lipinski definition) is 4. The first kappa shape index (κ1) is 18.9. The van der Waals surface area contributed by atoms with Gasteiger partial charge in [-0.2, -0.15) is 0 Å². The summed E-state index contributed by atoms with van der Waals surface area (Å²) in [6, 6.07) is 10.9. The molecular weight excluding hydrogens is 348 g/mol. The van der Waals surface area contributed by atoms with Crippen LogP contribution in [0.3, 0.4) is 0 Å². The maximum atomic E-state index is 12.3. The maximum Gasteiger partial charge on any atom is 0.330 e. The average molecular weight is 367 g/mol.